The van der Waals surface area contributed by atoms with E-state index in [2.05, 4.69) is 16.0 Å². The Morgan fingerprint density at radius 2 is 1.90 bits per heavy atom. The number of pyridine rings is 2. The van der Waals surface area contributed by atoms with E-state index in [-0.39, 0.29) is 0 Å². The van der Waals surface area contributed by atoms with Gasteiger partial charge in [0, 0.05) is 17.4 Å². The minimum absolute atomic E-state index is 0.490. The maximum Gasteiger partial charge on any atom is 0.162 e. The second kappa shape index (κ2) is 4.20. The molecule has 1 aliphatic rings. The molecule has 1 aliphatic heterocycles. The zero-order valence-corrected chi connectivity index (χ0v) is 10.8. The van der Waals surface area contributed by atoms with Crippen molar-refractivity contribution in [3.05, 3.63) is 48.0 Å². The van der Waals surface area contributed by atoms with Gasteiger partial charge in [-0.2, -0.15) is 0 Å². The molecule has 0 atom stereocenters. The van der Waals surface area contributed by atoms with Gasteiger partial charge >= 0.3 is 0 Å². The van der Waals surface area contributed by atoms with Gasteiger partial charge in [-0.05, 0) is 48.0 Å². The molecule has 1 aromatic carbocycles. The van der Waals surface area contributed by atoms with E-state index in [1.54, 1.807) is 6.07 Å². The lowest BCUT2D eigenvalue weighted by Gasteiger charge is -2.05. The van der Waals surface area contributed by atoms with E-state index in [1.165, 1.54) is 5.56 Å². The number of nitrogens with zero attached hydrogens (tertiary/aromatic N) is 2. The first kappa shape index (κ1) is 11.2. The molecule has 4 nitrogen and oxygen atoms in total. The van der Waals surface area contributed by atoms with Crippen molar-refractivity contribution >= 4 is 16.9 Å². The SMILES string of the molecule is Nc1ccc2ccc(-c3ccc4c(c3)CCO4)nc2n1. The van der Waals surface area contributed by atoms with Gasteiger partial charge in [0.05, 0.1) is 12.3 Å². The molecule has 0 spiro atoms. The molecule has 0 saturated carbocycles. The van der Waals surface area contributed by atoms with Crippen molar-refractivity contribution in [2.45, 2.75) is 6.42 Å². The molecule has 0 saturated heterocycles. The van der Waals surface area contributed by atoms with Crippen LogP contribution in [0.4, 0.5) is 5.82 Å². The summed E-state index contributed by atoms with van der Waals surface area (Å²) >= 11 is 0. The van der Waals surface area contributed by atoms with Crippen LogP contribution in [0.15, 0.2) is 42.5 Å². The number of nitrogen functional groups attached to an aromatic ring is 1. The van der Waals surface area contributed by atoms with Gasteiger partial charge in [0.2, 0.25) is 0 Å². The fraction of sp³-hybridized carbons (Fsp3) is 0.125. The smallest absolute Gasteiger partial charge is 0.162 e. The molecule has 0 aliphatic carbocycles. The van der Waals surface area contributed by atoms with Crippen molar-refractivity contribution in [3.8, 4) is 17.0 Å². The van der Waals surface area contributed by atoms with Crippen LogP contribution in [0.25, 0.3) is 22.3 Å². The predicted molar refractivity (Wildman–Crippen MR) is 78.6 cm³/mol. The minimum Gasteiger partial charge on any atom is -0.493 e. The molecule has 0 fully saturated rings. The summed E-state index contributed by atoms with van der Waals surface area (Å²) in [6.45, 7) is 0.766. The molecule has 98 valence electrons. The number of nitrogens with two attached hydrogens (primary N) is 1. The summed E-state index contributed by atoms with van der Waals surface area (Å²) in [4.78, 5) is 8.88. The molecule has 0 bridgehead atoms. The zero-order valence-electron chi connectivity index (χ0n) is 10.8. The van der Waals surface area contributed by atoms with Crippen LogP contribution in [0.5, 0.6) is 5.75 Å². The summed E-state index contributed by atoms with van der Waals surface area (Å²) in [5.74, 6) is 1.47. The number of fused-ring (bicyclic) bond motifs is 2. The number of anilines is 1. The van der Waals surface area contributed by atoms with Crippen LogP contribution in [0.3, 0.4) is 0 Å². The molecule has 0 radical (unpaired) electrons. The molecule has 4 heteroatoms. The second-order valence-electron chi connectivity index (χ2n) is 4.90. The third-order valence-electron chi connectivity index (χ3n) is 3.56. The Morgan fingerprint density at radius 1 is 1.00 bits per heavy atom. The van der Waals surface area contributed by atoms with Crippen LogP contribution in [-0.2, 0) is 6.42 Å². The van der Waals surface area contributed by atoms with Crippen molar-refractivity contribution in [2.24, 2.45) is 0 Å². The van der Waals surface area contributed by atoms with E-state index in [0.717, 1.165) is 35.4 Å². The molecule has 2 N–H and O–H groups in total. The predicted octanol–water partition coefficient (Wildman–Crippen LogP) is 2.81. The molecular formula is C16H13N3O. The number of benzene rings is 1. The largest absolute Gasteiger partial charge is 0.493 e. The molecule has 20 heavy (non-hydrogen) atoms. The molecule has 0 unspecified atom stereocenters. The molecular weight excluding hydrogens is 250 g/mol. The Hall–Kier alpha value is -2.62. The van der Waals surface area contributed by atoms with E-state index in [9.17, 15) is 0 Å². The van der Waals surface area contributed by atoms with Gasteiger partial charge in [-0.25, -0.2) is 9.97 Å². The quantitative estimate of drug-likeness (QED) is 0.733. The summed E-state index contributed by atoms with van der Waals surface area (Å²) in [5.41, 5.74) is 9.63. The fourth-order valence-corrected chi connectivity index (χ4v) is 2.52. The van der Waals surface area contributed by atoms with Gasteiger partial charge in [0.1, 0.15) is 11.6 Å². The third-order valence-corrected chi connectivity index (χ3v) is 3.56. The van der Waals surface area contributed by atoms with Crippen molar-refractivity contribution in [2.75, 3.05) is 12.3 Å². The lowest BCUT2D eigenvalue weighted by molar-refractivity contribution is 0.357. The summed E-state index contributed by atoms with van der Waals surface area (Å²) in [6.07, 6.45) is 0.960. The highest BCUT2D eigenvalue weighted by Gasteiger charge is 2.13. The summed E-state index contributed by atoms with van der Waals surface area (Å²) in [5, 5.41) is 0.993. The maximum atomic E-state index is 5.72. The second-order valence-corrected chi connectivity index (χ2v) is 4.90. The van der Waals surface area contributed by atoms with Crippen molar-refractivity contribution in [3.63, 3.8) is 0 Å². The van der Waals surface area contributed by atoms with Crippen LogP contribution in [0, 0.1) is 0 Å². The fourth-order valence-electron chi connectivity index (χ4n) is 2.52. The van der Waals surface area contributed by atoms with Crippen molar-refractivity contribution < 1.29 is 4.74 Å². The van der Waals surface area contributed by atoms with Gasteiger partial charge in [-0.15, -0.1) is 0 Å². The number of aromatic nitrogens is 2. The Kier molecular flexibility index (Phi) is 2.36. The zero-order chi connectivity index (χ0) is 13.5. The lowest BCUT2D eigenvalue weighted by atomic mass is 10.1. The lowest BCUT2D eigenvalue weighted by Crippen LogP contribution is -1.93. The first-order chi connectivity index (χ1) is 9.79. The van der Waals surface area contributed by atoms with Gasteiger partial charge in [-0.1, -0.05) is 0 Å². The summed E-state index contributed by atoms with van der Waals surface area (Å²) < 4.78 is 5.53. The van der Waals surface area contributed by atoms with Crippen LogP contribution < -0.4 is 10.5 Å². The van der Waals surface area contributed by atoms with E-state index < -0.39 is 0 Å². The first-order valence-corrected chi connectivity index (χ1v) is 6.59. The van der Waals surface area contributed by atoms with Gasteiger partial charge in [0.25, 0.3) is 0 Å². The van der Waals surface area contributed by atoms with Crippen molar-refractivity contribution in [1.29, 1.82) is 0 Å². The molecule has 4 rings (SSSR count). The van der Waals surface area contributed by atoms with E-state index in [0.29, 0.717) is 11.5 Å². The first-order valence-electron chi connectivity index (χ1n) is 6.59. The molecule has 0 amide bonds. The molecule has 2 aromatic heterocycles. The van der Waals surface area contributed by atoms with Crippen LogP contribution >= 0.6 is 0 Å². The van der Waals surface area contributed by atoms with Crippen LogP contribution in [0.2, 0.25) is 0 Å². The minimum atomic E-state index is 0.490. The van der Waals surface area contributed by atoms with Gasteiger partial charge in [-0.3, -0.25) is 0 Å². The number of rotatable bonds is 1. The van der Waals surface area contributed by atoms with Crippen LogP contribution in [-0.4, -0.2) is 16.6 Å². The average molecular weight is 263 g/mol. The summed E-state index contributed by atoms with van der Waals surface area (Å²) in [6, 6.07) is 13.9. The number of ether oxygens (including phenoxy) is 1. The van der Waals surface area contributed by atoms with Crippen LogP contribution in [0.1, 0.15) is 5.56 Å². The van der Waals surface area contributed by atoms with E-state index >= 15 is 0 Å². The topological polar surface area (TPSA) is 61.0 Å². The van der Waals surface area contributed by atoms with Gasteiger partial charge < -0.3 is 10.5 Å². The summed E-state index contributed by atoms with van der Waals surface area (Å²) in [7, 11) is 0. The maximum absolute atomic E-state index is 5.72. The Morgan fingerprint density at radius 3 is 2.85 bits per heavy atom. The van der Waals surface area contributed by atoms with Gasteiger partial charge in [0.15, 0.2) is 5.65 Å². The normalized spacial score (nSPS) is 13.2. The Labute approximate surface area is 116 Å². The van der Waals surface area contributed by atoms with Crippen molar-refractivity contribution in [1.82, 2.24) is 9.97 Å². The van der Waals surface area contributed by atoms with E-state index in [4.69, 9.17) is 10.5 Å². The Balaban J connectivity index is 1.85. The highest BCUT2D eigenvalue weighted by Crippen LogP contribution is 2.30. The standard InChI is InChI=1S/C16H13N3O/c17-15-6-3-10-1-4-13(18-16(10)19-15)11-2-5-14-12(9-11)7-8-20-14/h1-6,9H,7-8H2,(H2,17,18,19). The molecule has 3 aromatic rings. The third kappa shape index (κ3) is 1.77. The number of hydrogen-bond acceptors (Lipinski definition) is 4. The average Bonchev–Trinajstić information content (AvgIpc) is 2.93. The highest BCUT2D eigenvalue weighted by atomic mass is 16.5. The highest BCUT2D eigenvalue weighted by molar-refractivity contribution is 5.79. The molecule has 3 heterocycles. The Bertz CT molecular complexity index is 814. The number of hydrogen-bond donors (Lipinski definition) is 1. The monoisotopic (exact) mass is 263 g/mol. The van der Waals surface area contributed by atoms with E-state index in [1.807, 2.05) is 30.3 Å².